The first kappa shape index (κ1) is 14.7. The van der Waals surface area contributed by atoms with Gasteiger partial charge in [0.1, 0.15) is 0 Å². The van der Waals surface area contributed by atoms with E-state index in [9.17, 15) is 4.79 Å². The molecule has 1 rings (SSSR count). The number of carbonyl (C=O) groups is 1. The van der Waals surface area contributed by atoms with E-state index in [0.717, 1.165) is 19.3 Å². The van der Waals surface area contributed by atoms with Crippen molar-refractivity contribution in [1.82, 2.24) is 0 Å². The molecule has 0 heterocycles. The number of nitrogens with two attached hydrogens (primary N) is 1. The van der Waals surface area contributed by atoms with E-state index in [1.807, 2.05) is 18.2 Å². The second kappa shape index (κ2) is 7.88. The molecule has 0 amide bonds. The third kappa shape index (κ3) is 5.32. The lowest BCUT2D eigenvalue weighted by molar-refractivity contribution is -0.141. The SMILES string of the molecule is CC(CCCc1ccccc1)CC(CN)C(=O)O. The first-order chi connectivity index (χ1) is 8.63. The average molecular weight is 249 g/mol. The normalized spacial score (nSPS) is 14.1. The van der Waals surface area contributed by atoms with Crippen molar-refractivity contribution in [3.8, 4) is 0 Å². The van der Waals surface area contributed by atoms with Gasteiger partial charge < -0.3 is 10.8 Å². The van der Waals surface area contributed by atoms with E-state index in [2.05, 4.69) is 19.1 Å². The van der Waals surface area contributed by atoms with Crippen LogP contribution in [0, 0.1) is 11.8 Å². The molecule has 0 aliphatic rings. The average Bonchev–Trinajstić information content (AvgIpc) is 2.37. The predicted molar refractivity (Wildman–Crippen MR) is 73.3 cm³/mol. The zero-order valence-corrected chi connectivity index (χ0v) is 11.0. The molecule has 0 spiro atoms. The Morgan fingerprint density at radius 1 is 1.33 bits per heavy atom. The number of hydrogen-bond acceptors (Lipinski definition) is 2. The van der Waals surface area contributed by atoms with Crippen LogP contribution in [-0.2, 0) is 11.2 Å². The quantitative estimate of drug-likeness (QED) is 0.744. The van der Waals surface area contributed by atoms with Gasteiger partial charge in [0.25, 0.3) is 0 Å². The standard InChI is InChI=1S/C15H23NO2/c1-12(10-14(11-16)15(17)18)6-5-9-13-7-3-2-4-8-13/h2-4,7-8,12,14H,5-6,9-11,16H2,1H3,(H,17,18). The van der Waals surface area contributed by atoms with Crippen LogP contribution < -0.4 is 5.73 Å². The highest BCUT2D eigenvalue weighted by atomic mass is 16.4. The summed E-state index contributed by atoms with van der Waals surface area (Å²) < 4.78 is 0. The Labute approximate surface area is 109 Å². The molecule has 0 aliphatic carbocycles. The molecule has 18 heavy (non-hydrogen) atoms. The molecule has 3 nitrogen and oxygen atoms in total. The van der Waals surface area contributed by atoms with Crippen molar-refractivity contribution in [2.24, 2.45) is 17.6 Å². The van der Waals surface area contributed by atoms with Crippen molar-refractivity contribution in [3.63, 3.8) is 0 Å². The number of aryl methyl sites for hydroxylation is 1. The summed E-state index contributed by atoms with van der Waals surface area (Å²) in [5.41, 5.74) is 6.81. The summed E-state index contributed by atoms with van der Waals surface area (Å²) in [6.07, 6.45) is 3.90. The Kier molecular flexibility index (Phi) is 6.44. The van der Waals surface area contributed by atoms with Gasteiger partial charge in [-0.15, -0.1) is 0 Å². The van der Waals surface area contributed by atoms with E-state index in [0.29, 0.717) is 12.3 Å². The highest BCUT2D eigenvalue weighted by molar-refractivity contribution is 5.70. The van der Waals surface area contributed by atoms with Crippen molar-refractivity contribution in [3.05, 3.63) is 35.9 Å². The van der Waals surface area contributed by atoms with Crippen LogP contribution in [0.4, 0.5) is 0 Å². The molecule has 0 aromatic heterocycles. The first-order valence-electron chi connectivity index (χ1n) is 6.60. The van der Waals surface area contributed by atoms with E-state index >= 15 is 0 Å². The monoisotopic (exact) mass is 249 g/mol. The van der Waals surface area contributed by atoms with Crippen LogP contribution in [-0.4, -0.2) is 17.6 Å². The number of carboxylic acid groups (broad SMARTS) is 1. The summed E-state index contributed by atoms with van der Waals surface area (Å²) in [6.45, 7) is 2.34. The van der Waals surface area contributed by atoms with E-state index in [1.165, 1.54) is 5.56 Å². The fourth-order valence-electron chi connectivity index (χ4n) is 2.20. The minimum Gasteiger partial charge on any atom is -0.481 e. The maximum absolute atomic E-state index is 10.9. The van der Waals surface area contributed by atoms with Gasteiger partial charge in [-0.1, -0.05) is 43.7 Å². The lowest BCUT2D eigenvalue weighted by Crippen LogP contribution is -2.25. The molecule has 0 bridgehead atoms. The van der Waals surface area contributed by atoms with Crippen molar-refractivity contribution < 1.29 is 9.90 Å². The van der Waals surface area contributed by atoms with Crippen LogP contribution in [0.25, 0.3) is 0 Å². The number of benzene rings is 1. The summed E-state index contributed by atoms with van der Waals surface area (Å²) in [5, 5.41) is 8.95. The maximum Gasteiger partial charge on any atom is 0.307 e. The molecule has 0 fully saturated rings. The minimum atomic E-state index is -0.771. The largest absolute Gasteiger partial charge is 0.481 e. The third-order valence-electron chi connectivity index (χ3n) is 3.33. The molecule has 2 atom stereocenters. The Morgan fingerprint density at radius 2 is 2.00 bits per heavy atom. The van der Waals surface area contributed by atoms with Gasteiger partial charge in [0.2, 0.25) is 0 Å². The third-order valence-corrected chi connectivity index (χ3v) is 3.33. The van der Waals surface area contributed by atoms with Crippen molar-refractivity contribution in [1.29, 1.82) is 0 Å². The van der Waals surface area contributed by atoms with Crippen LogP contribution in [0.2, 0.25) is 0 Å². The van der Waals surface area contributed by atoms with E-state index in [4.69, 9.17) is 10.8 Å². The maximum atomic E-state index is 10.9. The molecule has 0 saturated carbocycles. The van der Waals surface area contributed by atoms with Crippen molar-refractivity contribution in [2.45, 2.75) is 32.6 Å². The summed E-state index contributed by atoms with van der Waals surface area (Å²) in [5.74, 6) is -0.748. The van der Waals surface area contributed by atoms with Gasteiger partial charge in [-0.05, 0) is 30.7 Å². The van der Waals surface area contributed by atoms with E-state index < -0.39 is 11.9 Å². The molecule has 0 radical (unpaired) electrons. The summed E-state index contributed by atoms with van der Waals surface area (Å²) in [6, 6.07) is 10.4. The Balaban J connectivity index is 2.25. The van der Waals surface area contributed by atoms with Crippen molar-refractivity contribution >= 4 is 5.97 Å². The van der Waals surface area contributed by atoms with Crippen LogP contribution in [0.1, 0.15) is 31.7 Å². The second-order valence-electron chi connectivity index (χ2n) is 4.99. The van der Waals surface area contributed by atoms with Gasteiger partial charge in [-0.2, -0.15) is 0 Å². The Hall–Kier alpha value is -1.35. The number of rotatable bonds is 8. The highest BCUT2D eigenvalue weighted by Gasteiger charge is 2.18. The fraction of sp³-hybridized carbons (Fsp3) is 0.533. The number of aliphatic carboxylic acids is 1. The van der Waals surface area contributed by atoms with Gasteiger partial charge in [-0.3, -0.25) is 4.79 Å². The summed E-state index contributed by atoms with van der Waals surface area (Å²) >= 11 is 0. The molecule has 3 heteroatoms. The first-order valence-corrected chi connectivity index (χ1v) is 6.60. The zero-order valence-electron chi connectivity index (χ0n) is 11.0. The minimum absolute atomic E-state index is 0.234. The van der Waals surface area contributed by atoms with Gasteiger partial charge in [0.05, 0.1) is 5.92 Å². The molecule has 1 aromatic rings. The summed E-state index contributed by atoms with van der Waals surface area (Å²) in [7, 11) is 0. The molecule has 0 saturated heterocycles. The van der Waals surface area contributed by atoms with Crippen LogP contribution in [0.15, 0.2) is 30.3 Å². The lowest BCUT2D eigenvalue weighted by Gasteiger charge is -2.15. The molecule has 0 aliphatic heterocycles. The van der Waals surface area contributed by atoms with E-state index in [1.54, 1.807) is 0 Å². The van der Waals surface area contributed by atoms with Crippen LogP contribution in [0.3, 0.4) is 0 Å². The topological polar surface area (TPSA) is 63.3 Å². The van der Waals surface area contributed by atoms with Gasteiger partial charge in [0.15, 0.2) is 0 Å². The van der Waals surface area contributed by atoms with Crippen molar-refractivity contribution in [2.75, 3.05) is 6.54 Å². The summed E-state index contributed by atoms with van der Waals surface area (Å²) in [4.78, 5) is 10.9. The molecular formula is C15H23NO2. The smallest absolute Gasteiger partial charge is 0.307 e. The Bertz CT molecular complexity index is 351. The van der Waals surface area contributed by atoms with Gasteiger partial charge >= 0.3 is 5.97 Å². The molecular weight excluding hydrogens is 226 g/mol. The number of carboxylic acids is 1. The molecule has 3 N–H and O–H groups in total. The van der Waals surface area contributed by atoms with Gasteiger partial charge in [-0.25, -0.2) is 0 Å². The zero-order chi connectivity index (χ0) is 13.4. The second-order valence-corrected chi connectivity index (χ2v) is 4.99. The van der Waals surface area contributed by atoms with Crippen LogP contribution in [0.5, 0.6) is 0 Å². The predicted octanol–water partition coefficient (Wildman–Crippen LogP) is 2.69. The molecule has 1 aromatic carbocycles. The molecule has 100 valence electrons. The Morgan fingerprint density at radius 3 is 2.56 bits per heavy atom. The highest BCUT2D eigenvalue weighted by Crippen LogP contribution is 2.18. The van der Waals surface area contributed by atoms with Gasteiger partial charge in [0, 0.05) is 6.54 Å². The van der Waals surface area contributed by atoms with Crippen LogP contribution >= 0.6 is 0 Å². The number of hydrogen-bond donors (Lipinski definition) is 2. The molecule has 2 unspecified atom stereocenters. The fourth-order valence-corrected chi connectivity index (χ4v) is 2.20. The lowest BCUT2D eigenvalue weighted by atomic mass is 9.91. The van der Waals surface area contributed by atoms with E-state index in [-0.39, 0.29) is 6.54 Å².